The normalized spacial score (nSPS) is 33.7. The molecule has 0 heterocycles. The van der Waals surface area contributed by atoms with Gasteiger partial charge in [-0.3, -0.25) is 0 Å². The Kier molecular flexibility index (Phi) is 3.92. The van der Waals surface area contributed by atoms with Gasteiger partial charge in [-0.25, -0.2) is 0 Å². The molecule has 1 radical (unpaired) electrons. The summed E-state index contributed by atoms with van der Waals surface area (Å²) in [6, 6.07) is 9.60. The summed E-state index contributed by atoms with van der Waals surface area (Å²) < 4.78 is 0. The van der Waals surface area contributed by atoms with Crippen molar-refractivity contribution in [3.8, 4) is 0 Å². The van der Waals surface area contributed by atoms with Gasteiger partial charge in [0.25, 0.3) is 0 Å². The lowest BCUT2D eigenvalue weighted by atomic mass is 9.35. The summed E-state index contributed by atoms with van der Waals surface area (Å²) in [4.78, 5) is 0. The Hall–Kier alpha value is -0.823. The van der Waals surface area contributed by atoms with E-state index in [1.54, 1.807) is 5.56 Å². The summed E-state index contributed by atoms with van der Waals surface area (Å²) in [6.07, 6.45) is 4.26. The summed E-state index contributed by atoms with van der Waals surface area (Å²) in [7, 11) is -0.304. The second-order valence-electron chi connectivity index (χ2n) is 8.55. The number of hydrogen-bond donors (Lipinski definition) is 0. The van der Waals surface area contributed by atoms with E-state index in [0.29, 0.717) is 10.8 Å². The lowest BCUT2D eigenvalue weighted by Crippen LogP contribution is -2.64. The predicted molar refractivity (Wildman–Crippen MR) is 99.5 cm³/mol. The smallest absolute Gasteiger partial charge is 0.0696 e. The molecule has 22 heavy (non-hydrogen) atoms. The lowest BCUT2D eigenvalue weighted by molar-refractivity contribution is -0.133. The molecule has 0 aromatic heterocycles. The maximum absolute atomic E-state index is 2.51. The van der Waals surface area contributed by atoms with Crippen LogP contribution in [-0.4, -0.2) is 8.80 Å². The molecule has 2 bridgehead atoms. The van der Waals surface area contributed by atoms with Crippen molar-refractivity contribution < 1.29 is 0 Å². The van der Waals surface area contributed by atoms with Crippen LogP contribution in [0.3, 0.4) is 0 Å². The third kappa shape index (κ3) is 2.16. The Morgan fingerprint density at radius 1 is 1.14 bits per heavy atom. The van der Waals surface area contributed by atoms with Crippen LogP contribution in [0.4, 0.5) is 0 Å². The Morgan fingerprint density at radius 3 is 2.27 bits per heavy atom. The molecule has 1 aromatic carbocycles. The standard InChI is InChI=1S/C21H31Si/c1-15(14-22(5)6)17-8-11-18(12-9-17)21-13-19(20(21,3)4)10-7-16(21)2/h8-9,11-12,14,16,19H,7,10,13H2,1-6H3. The minimum absolute atomic E-state index is 0.304. The van der Waals surface area contributed by atoms with E-state index in [1.807, 2.05) is 0 Å². The van der Waals surface area contributed by atoms with Crippen molar-refractivity contribution in [1.82, 2.24) is 0 Å². The molecule has 3 saturated carbocycles. The highest BCUT2D eigenvalue weighted by Gasteiger charge is 2.64. The average Bonchev–Trinajstić information content (AvgIpc) is 2.46. The minimum Gasteiger partial charge on any atom is -0.0932 e. The highest BCUT2D eigenvalue weighted by atomic mass is 28.3. The van der Waals surface area contributed by atoms with E-state index in [9.17, 15) is 0 Å². The summed E-state index contributed by atoms with van der Waals surface area (Å²) in [5.74, 6) is 1.76. The van der Waals surface area contributed by atoms with E-state index in [-0.39, 0.29) is 8.80 Å². The molecule has 3 aliphatic carbocycles. The second kappa shape index (κ2) is 5.37. The van der Waals surface area contributed by atoms with Crippen LogP contribution in [0.5, 0.6) is 0 Å². The predicted octanol–water partition coefficient (Wildman–Crippen LogP) is 6.10. The first-order valence-corrected chi connectivity index (χ1v) is 11.5. The monoisotopic (exact) mass is 311 g/mol. The quantitative estimate of drug-likeness (QED) is 0.592. The fraction of sp³-hybridized carbons (Fsp3) is 0.619. The molecule has 0 aliphatic heterocycles. The van der Waals surface area contributed by atoms with Crippen molar-refractivity contribution in [3.63, 3.8) is 0 Å². The van der Waals surface area contributed by atoms with Crippen LogP contribution in [-0.2, 0) is 5.41 Å². The van der Waals surface area contributed by atoms with Crippen molar-refractivity contribution in [3.05, 3.63) is 41.1 Å². The summed E-state index contributed by atoms with van der Waals surface area (Å²) in [6.45, 7) is 14.5. The first-order valence-electron chi connectivity index (χ1n) is 8.88. The fourth-order valence-electron chi connectivity index (χ4n) is 5.46. The molecule has 3 fully saturated rings. The topological polar surface area (TPSA) is 0 Å². The van der Waals surface area contributed by atoms with Crippen LogP contribution in [0.2, 0.25) is 13.1 Å². The summed E-state index contributed by atoms with van der Waals surface area (Å²) in [5, 5.41) is 0. The maximum Gasteiger partial charge on any atom is 0.0696 e. The Labute approximate surface area is 138 Å². The van der Waals surface area contributed by atoms with Gasteiger partial charge in [0.15, 0.2) is 0 Å². The molecule has 3 unspecified atom stereocenters. The van der Waals surface area contributed by atoms with Crippen molar-refractivity contribution >= 4 is 14.4 Å². The molecule has 4 rings (SSSR count). The zero-order chi connectivity index (χ0) is 16.1. The Morgan fingerprint density at radius 2 is 1.77 bits per heavy atom. The van der Waals surface area contributed by atoms with Crippen molar-refractivity contribution in [2.75, 3.05) is 0 Å². The first kappa shape index (κ1) is 16.0. The number of allylic oxidation sites excluding steroid dienone is 1. The molecule has 1 heteroatoms. The van der Waals surface area contributed by atoms with Crippen molar-refractivity contribution in [2.24, 2.45) is 17.3 Å². The van der Waals surface area contributed by atoms with Gasteiger partial charge in [-0.05, 0) is 54.6 Å². The molecule has 3 aliphatic rings. The van der Waals surface area contributed by atoms with Crippen LogP contribution in [0, 0.1) is 17.3 Å². The van der Waals surface area contributed by atoms with Gasteiger partial charge < -0.3 is 0 Å². The van der Waals surface area contributed by atoms with Crippen LogP contribution in [0.25, 0.3) is 5.57 Å². The zero-order valence-electron chi connectivity index (χ0n) is 15.2. The van der Waals surface area contributed by atoms with Gasteiger partial charge in [-0.2, -0.15) is 0 Å². The lowest BCUT2D eigenvalue weighted by Gasteiger charge is -2.69. The molecule has 3 atom stereocenters. The average molecular weight is 312 g/mol. The number of rotatable bonds is 3. The Bertz CT molecular complexity index is 578. The van der Waals surface area contributed by atoms with Crippen LogP contribution < -0.4 is 0 Å². The van der Waals surface area contributed by atoms with Gasteiger partial charge in [0.05, 0.1) is 8.80 Å². The van der Waals surface area contributed by atoms with Gasteiger partial charge in [0.2, 0.25) is 0 Å². The van der Waals surface area contributed by atoms with E-state index in [4.69, 9.17) is 0 Å². The molecule has 1 aromatic rings. The van der Waals surface area contributed by atoms with E-state index in [0.717, 1.165) is 11.8 Å². The van der Waals surface area contributed by atoms with Gasteiger partial charge in [-0.15, -0.1) is 0 Å². The third-order valence-electron chi connectivity index (χ3n) is 6.89. The summed E-state index contributed by atoms with van der Waals surface area (Å²) >= 11 is 0. The molecule has 0 spiro atoms. The maximum atomic E-state index is 2.51. The van der Waals surface area contributed by atoms with Gasteiger partial charge in [0, 0.05) is 5.41 Å². The van der Waals surface area contributed by atoms with Crippen molar-refractivity contribution in [2.45, 2.75) is 65.5 Å². The number of fused-ring (bicyclic) bond motifs is 2. The molecular formula is C21H31Si. The third-order valence-corrected chi connectivity index (χ3v) is 7.90. The van der Waals surface area contributed by atoms with E-state index in [1.165, 1.54) is 30.4 Å². The molecule has 0 amide bonds. The van der Waals surface area contributed by atoms with Crippen LogP contribution in [0.15, 0.2) is 30.0 Å². The van der Waals surface area contributed by atoms with Crippen molar-refractivity contribution in [1.29, 1.82) is 0 Å². The minimum atomic E-state index is -0.304. The van der Waals surface area contributed by atoms with E-state index in [2.05, 4.69) is 70.8 Å². The molecule has 0 N–H and O–H groups in total. The Balaban J connectivity index is 1.93. The van der Waals surface area contributed by atoms with Crippen LogP contribution >= 0.6 is 0 Å². The number of benzene rings is 1. The fourth-order valence-corrected chi connectivity index (χ4v) is 6.49. The first-order chi connectivity index (χ1) is 10.3. The summed E-state index contributed by atoms with van der Waals surface area (Å²) in [5.41, 5.74) is 7.81. The molecule has 0 saturated heterocycles. The second-order valence-corrected chi connectivity index (χ2v) is 11.0. The highest BCUT2D eigenvalue weighted by molar-refractivity contribution is 6.62. The van der Waals surface area contributed by atoms with Gasteiger partial charge in [0.1, 0.15) is 0 Å². The molecular weight excluding hydrogens is 280 g/mol. The van der Waals surface area contributed by atoms with Crippen LogP contribution in [0.1, 0.15) is 58.1 Å². The zero-order valence-corrected chi connectivity index (χ0v) is 16.2. The van der Waals surface area contributed by atoms with E-state index < -0.39 is 0 Å². The van der Waals surface area contributed by atoms with Gasteiger partial charge in [-0.1, -0.05) is 69.4 Å². The number of hydrogen-bond acceptors (Lipinski definition) is 0. The molecule has 0 nitrogen and oxygen atoms in total. The van der Waals surface area contributed by atoms with E-state index >= 15 is 0 Å². The largest absolute Gasteiger partial charge is 0.0932 e. The highest BCUT2D eigenvalue weighted by Crippen LogP contribution is 2.70. The SMILES string of the molecule is CC(=C[Si](C)C)c1ccc(C23CC(CCC2C)C3(C)C)cc1. The molecule has 119 valence electrons. The van der Waals surface area contributed by atoms with Gasteiger partial charge >= 0.3 is 0 Å².